The number of aromatic nitrogens is 4. The average Bonchev–Trinajstić information content (AvgIpc) is 1.71. The number of esters is 3. The van der Waals surface area contributed by atoms with Gasteiger partial charge in [0.1, 0.15) is 72.9 Å². The van der Waals surface area contributed by atoms with Crippen LogP contribution >= 0.6 is 73.9 Å². The average molecular weight is 1530 g/mol. The topological polar surface area (TPSA) is 296 Å². The quantitative estimate of drug-likeness (QED) is 0.0432. The zero-order chi connectivity index (χ0) is 72.4. The van der Waals surface area contributed by atoms with Gasteiger partial charge in [-0.1, -0.05) is 62.3 Å². The van der Waals surface area contributed by atoms with Crippen molar-refractivity contribution in [1.82, 2.24) is 19.9 Å². The first-order valence-corrected chi connectivity index (χ1v) is 33.0. The highest BCUT2D eigenvalue weighted by Crippen LogP contribution is 2.32. The number of carbonyl (C=O) groups is 4. The summed E-state index contributed by atoms with van der Waals surface area (Å²) in [7, 11) is 0. The second kappa shape index (κ2) is 38.4. The summed E-state index contributed by atoms with van der Waals surface area (Å²) in [5.41, 5.74) is 5.00. The van der Waals surface area contributed by atoms with Gasteiger partial charge in [0.15, 0.2) is 46.4 Å². The summed E-state index contributed by atoms with van der Waals surface area (Å²) in [5, 5.41) is 20.7. The molecule has 0 aliphatic heterocycles. The number of Topliss-reactive ketones (excluding diaryl/α,β-unsaturated/α-hetero) is 1. The standard InChI is InChI=1S/C18H16ClNO5.C17H14ClNO4.C13H8ClNO3.C11H14O4.C7H3Cl2NO.C5H9BrO2/c1-3-22-17(21)11(2)23-13-5-7-14(8-6-13)24-18-20-15-9-4-12(19)10-16(15)25-18;1-10(20)11(2)21-13-4-6-14(7-5-13)22-17-19-15-8-3-12(18)9-16(15)23-17;14-8-1-6-11-12(7-8)18-13(15-11)17-10-4-2-9(16)3-5-10;1-3-14-11(13)8(2)15-10-6-4-9(12)5-7-10;8-4-1-2-5-6(3-4)11-7(9)10-5;1-3-8-5(7)4(2)6/h4-11H,3H2,1-2H3;3-9,11H,1-2H3;1-7,16H;4-8,12H,3H2,1-2H3;1-3H;4H,3H2,1-2H3. The van der Waals surface area contributed by atoms with Crippen molar-refractivity contribution in [3.8, 4) is 64.2 Å². The molecule has 524 valence electrons. The fraction of sp³-hybridized carbons (Fsp3) is 0.211. The first kappa shape index (κ1) is 77.4. The Kier molecular flexibility index (Phi) is 29.7. The van der Waals surface area contributed by atoms with Gasteiger partial charge in [-0.3, -0.25) is 9.59 Å². The van der Waals surface area contributed by atoms with Gasteiger partial charge < -0.3 is 70.5 Å². The minimum absolute atomic E-state index is 0.0320. The molecule has 8 aromatic carbocycles. The number of ketones is 1. The molecule has 12 rings (SSSR count). The second-order valence-electron chi connectivity index (χ2n) is 20.4. The van der Waals surface area contributed by atoms with Gasteiger partial charge in [-0.15, -0.1) is 0 Å². The number of benzene rings is 8. The Morgan fingerprint density at radius 3 is 0.960 bits per heavy atom. The van der Waals surface area contributed by atoms with Crippen molar-refractivity contribution in [2.24, 2.45) is 0 Å². The number of phenolic OH excluding ortho intramolecular Hbond substituents is 2. The van der Waals surface area contributed by atoms with Crippen molar-refractivity contribution in [3.63, 3.8) is 0 Å². The van der Waals surface area contributed by atoms with Crippen molar-refractivity contribution in [1.29, 1.82) is 0 Å². The molecule has 4 heterocycles. The van der Waals surface area contributed by atoms with Gasteiger partial charge in [-0.25, -0.2) is 9.59 Å². The maximum absolute atomic E-state index is 11.6. The molecular formula is C71H64BrCl5N4O19. The number of alkyl halides is 1. The van der Waals surface area contributed by atoms with Crippen LogP contribution < -0.4 is 28.4 Å². The normalized spacial score (nSPS) is 11.7. The van der Waals surface area contributed by atoms with Gasteiger partial charge >= 0.3 is 36.1 Å². The number of carbonyl (C=O) groups excluding carboxylic acids is 4. The predicted octanol–water partition coefficient (Wildman–Crippen LogP) is 19.4. The maximum atomic E-state index is 11.6. The van der Waals surface area contributed by atoms with Crippen LogP contribution in [0.5, 0.6) is 64.2 Å². The zero-order valence-corrected chi connectivity index (χ0v) is 59.9. The number of ether oxygens (including phenoxy) is 9. The molecule has 4 aromatic heterocycles. The summed E-state index contributed by atoms with van der Waals surface area (Å²) in [4.78, 5) is 60.8. The van der Waals surface area contributed by atoms with E-state index in [1.165, 1.54) is 31.2 Å². The summed E-state index contributed by atoms with van der Waals surface area (Å²) >= 11 is 31.9. The van der Waals surface area contributed by atoms with Crippen LogP contribution in [-0.2, 0) is 33.4 Å². The molecule has 0 spiro atoms. The molecule has 4 unspecified atom stereocenters. The van der Waals surface area contributed by atoms with E-state index in [4.69, 9.17) is 124 Å². The Labute approximate surface area is 605 Å². The van der Waals surface area contributed by atoms with Gasteiger partial charge in [0.2, 0.25) is 0 Å². The molecule has 23 nitrogen and oxygen atoms in total. The highest BCUT2D eigenvalue weighted by atomic mass is 79.9. The summed E-state index contributed by atoms with van der Waals surface area (Å²) in [6.45, 7) is 14.5. The smallest absolute Gasteiger partial charge is 0.400 e. The largest absolute Gasteiger partial charge is 0.508 e. The SMILES string of the molecule is CC(=O)C(C)Oc1ccc(Oc2nc3ccc(Cl)cc3o2)cc1.CCOC(=O)C(C)Br.CCOC(=O)C(C)Oc1ccc(O)cc1.CCOC(=O)C(C)Oc1ccc(Oc2nc3ccc(Cl)cc3o2)cc1.Clc1ccc2nc(Cl)oc2c1.Oc1ccc(Oc2nc3ccc(Cl)cc3o2)cc1. The highest BCUT2D eigenvalue weighted by molar-refractivity contribution is 9.10. The van der Waals surface area contributed by atoms with E-state index >= 15 is 0 Å². The van der Waals surface area contributed by atoms with Gasteiger partial charge in [-0.2, -0.15) is 19.9 Å². The van der Waals surface area contributed by atoms with Crippen LogP contribution in [0.3, 0.4) is 0 Å². The number of fused-ring (bicyclic) bond motifs is 4. The third kappa shape index (κ3) is 25.1. The molecule has 0 fully saturated rings. The Hall–Kier alpha value is -9.95. The molecule has 12 aromatic rings. The Morgan fingerprint density at radius 1 is 0.390 bits per heavy atom. The number of nitrogens with zero attached hydrogens (tertiary/aromatic N) is 4. The lowest BCUT2D eigenvalue weighted by molar-refractivity contribution is -0.151. The van der Waals surface area contributed by atoms with Crippen molar-refractivity contribution >= 4 is 142 Å². The van der Waals surface area contributed by atoms with E-state index in [0.29, 0.717) is 113 Å². The predicted molar refractivity (Wildman–Crippen MR) is 380 cm³/mol. The number of phenols is 2. The van der Waals surface area contributed by atoms with Gasteiger partial charge in [-0.05, 0) is 213 Å². The fourth-order valence-corrected chi connectivity index (χ4v) is 8.67. The van der Waals surface area contributed by atoms with E-state index in [2.05, 4.69) is 40.6 Å². The van der Waals surface area contributed by atoms with Gasteiger partial charge in [0, 0.05) is 44.4 Å². The van der Waals surface area contributed by atoms with Crippen LogP contribution in [0.15, 0.2) is 188 Å². The van der Waals surface area contributed by atoms with Crippen LogP contribution in [0.25, 0.3) is 44.4 Å². The number of hydrogen-bond donors (Lipinski definition) is 2. The summed E-state index contributed by atoms with van der Waals surface area (Å²) in [5.74, 6) is 2.53. The molecule has 0 bridgehead atoms. The first-order valence-electron chi connectivity index (χ1n) is 30.2. The Bertz CT molecular complexity index is 4610. The van der Waals surface area contributed by atoms with E-state index in [0.717, 1.165) is 5.52 Å². The summed E-state index contributed by atoms with van der Waals surface area (Å²) in [6, 6.07) is 46.7. The molecule has 0 saturated heterocycles. The fourth-order valence-electron chi connectivity index (χ4n) is 7.71. The van der Waals surface area contributed by atoms with Gasteiger partial charge in [0.05, 0.1) is 19.8 Å². The number of oxazole rings is 4. The number of rotatable bonds is 19. The van der Waals surface area contributed by atoms with E-state index in [1.807, 2.05) is 0 Å². The lowest BCUT2D eigenvalue weighted by Crippen LogP contribution is -2.25. The van der Waals surface area contributed by atoms with E-state index in [1.54, 1.807) is 194 Å². The van der Waals surface area contributed by atoms with Gasteiger partial charge in [0.25, 0.3) is 5.35 Å². The maximum Gasteiger partial charge on any atom is 0.400 e. The van der Waals surface area contributed by atoms with E-state index < -0.39 is 30.3 Å². The monoisotopic (exact) mass is 1530 g/mol. The van der Waals surface area contributed by atoms with Crippen LogP contribution in [0.2, 0.25) is 25.4 Å². The zero-order valence-electron chi connectivity index (χ0n) is 54.5. The van der Waals surface area contributed by atoms with Crippen LogP contribution in [0.1, 0.15) is 55.4 Å². The summed E-state index contributed by atoms with van der Waals surface area (Å²) < 4.78 is 68.6. The number of hydrogen-bond acceptors (Lipinski definition) is 23. The Balaban J connectivity index is 0.000000174. The van der Waals surface area contributed by atoms with Crippen molar-refractivity contribution in [2.45, 2.75) is 78.5 Å². The van der Waals surface area contributed by atoms with Crippen molar-refractivity contribution in [2.75, 3.05) is 19.8 Å². The third-order valence-corrected chi connectivity index (χ3v) is 14.1. The lowest BCUT2D eigenvalue weighted by atomic mass is 10.3. The van der Waals surface area contributed by atoms with E-state index in [-0.39, 0.29) is 51.7 Å². The van der Waals surface area contributed by atoms with Crippen molar-refractivity contribution in [3.05, 3.63) is 195 Å². The molecule has 0 saturated carbocycles. The Morgan fingerprint density at radius 2 is 0.660 bits per heavy atom. The molecule has 4 atom stereocenters. The molecule has 0 aliphatic carbocycles. The minimum atomic E-state index is -0.687. The lowest BCUT2D eigenvalue weighted by Gasteiger charge is -2.13. The molecular weight excluding hydrogens is 1470 g/mol. The van der Waals surface area contributed by atoms with E-state index in [9.17, 15) is 19.2 Å². The molecule has 0 aliphatic rings. The number of halogens is 6. The number of aromatic hydroxyl groups is 2. The minimum Gasteiger partial charge on any atom is -0.508 e. The van der Waals surface area contributed by atoms with Crippen LogP contribution in [0, 0.1) is 0 Å². The first-order chi connectivity index (χ1) is 47.8. The van der Waals surface area contributed by atoms with Crippen LogP contribution in [-0.4, -0.2) is 96.8 Å². The third-order valence-electron chi connectivity index (χ3n) is 12.6. The summed E-state index contributed by atoms with van der Waals surface area (Å²) in [6.07, 6.45) is -1.43. The van der Waals surface area contributed by atoms with Crippen molar-refractivity contribution < 1.29 is 89.7 Å². The highest BCUT2D eigenvalue weighted by Gasteiger charge is 2.18. The second-order valence-corrected chi connectivity index (χ2v) is 23.8. The molecule has 29 heteroatoms. The molecule has 0 radical (unpaired) electrons. The molecule has 0 amide bonds. The molecule has 2 N–H and O–H groups in total. The van der Waals surface area contributed by atoms with Crippen LogP contribution in [0.4, 0.5) is 0 Å². The molecule has 100 heavy (non-hydrogen) atoms.